The first-order chi connectivity index (χ1) is 11.7. The lowest BCUT2D eigenvalue weighted by Gasteiger charge is -2.29. The zero-order valence-electron chi connectivity index (χ0n) is 13.5. The van der Waals surface area contributed by atoms with E-state index in [-0.39, 0.29) is 11.7 Å². The predicted molar refractivity (Wildman–Crippen MR) is 88.4 cm³/mol. The summed E-state index contributed by atoms with van der Waals surface area (Å²) >= 11 is 5.83. The van der Waals surface area contributed by atoms with Crippen molar-refractivity contribution in [3.63, 3.8) is 0 Å². The van der Waals surface area contributed by atoms with Crippen molar-refractivity contribution in [1.82, 2.24) is 4.90 Å². The molecule has 25 heavy (non-hydrogen) atoms. The fraction of sp³-hybridized carbons (Fsp3) is 0.389. The topological polar surface area (TPSA) is 33.5 Å². The van der Waals surface area contributed by atoms with E-state index >= 15 is 0 Å². The minimum Gasteiger partial charge on any atom is -0.451 e. The smallest absolute Gasteiger partial charge is 0.406 e. The normalized spacial score (nSPS) is 15.9. The van der Waals surface area contributed by atoms with Crippen molar-refractivity contribution in [2.75, 3.05) is 6.54 Å². The Kier molecular flexibility index (Phi) is 4.82. The van der Waals surface area contributed by atoms with Gasteiger partial charge in [-0.2, -0.15) is 13.2 Å². The van der Waals surface area contributed by atoms with Gasteiger partial charge in [0, 0.05) is 16.6 Å². The van der Waals surface area contributed by atoms with E-state index in [1.807, 2.05) is 0 Å². The number of halogens is 4. The summed E-state index contributed by atoms with van der Waals surface area (Å²) in [5.74, 6) is -0.304. The standard InChI is InChI=1S/C18H17ClF3NO2/c1-11(12-2-3-12)23(10-18(20,21)22)17(24)16-9-8-15(25-16)13-4-6-14(19)7-5-13/h4-9,11-12H,2-3,10H2,1H3/t11-/m0/s1. The van der Waals surface area contributed by atoms with Crippen molar-refractivity contribution in [2.24, 2.45) is 5.92 Å². The molecule has 0 radical (unpaired) electrons. The van der Waals surface area contributed by atoms with Gasteiger partial charge in [-0.05, 0) is 62.1 Å². The van der Waals surface area contributed by atoms with Gasteiger partial charge in [-0.25, -0.2) is 0 Å². The van der Waals surface area contributed by atoms with E-state index in [0.717, 1.165) is 17.7 Å². The van der Waals surface area contributed by atoms with Crippen LogP contribution in [0.2, 0.25) is 5.02 Å². The molecule has 0 N–H and O–H groups in total. The Hall–Kier alpha value is -1.95. The van der Waals surface area contributed by atoms with Crippen LogP contribution >= 0.6 is 11.6 Å². The van der Waals surface area contributed by atoms with E-state index < -0.39 is 24.7 Å². The number of carbonyl (C=O) groups is 1. The molecule has 134 valence electrons. The number of hydrogen-bond donors (Lipinski definition) is 0. The summed E-state index contributed by atoms with van der Waals surface area (Å²) in [6.45, 7) is 0.380. The Balaban J connectivity index is 1.83. The van der Waals surface area contributed by atoms with Crippen LogP contribution in [0.1, 0.15) is 30.3 Å². The molecule has 0 spiro atoms. The Labute approximate surface area is 148 Å². The second-order valence-corrected chi connectivity index (χ2v) is 6.73. The Morgan fingerprint density at radius 3 is 2.44 bits per heavy atom. The first-order valence-corrected chi connectivity index (χ1v) is 8.36. The van der Waals surface area contributed by atoms with Crippen molar-refractivity contribution >= 4 is 17.5 Å². The first kappa shape index (κ1) is 17.9. The molecule has 0 bridgehead atoms. The van der Waals surface area contributed by atoms with Crippen LogP contribution < -0.4 is 0 Å². The molecule has 3 nitrogen and oxygen atoms in total. The number of hydrogen-bond acceptors (Lipinski definition) is 2. The third-order valence-corrected chi connectivity index (χ3v) is 4.60. The van der Waals surface area contributed by atoms with Gasteiger partial charge >= 0.3 is 6.18 Å². The molecule has 2 aromatic rings. The Morgan fingerprint density at radius 2 is 1.88 bits per heavy atom. The van der Waals surface area contributed by atoms with Crippen molar-refractivity contribution in [2.45, 2.75) is 32.0 Å². The highest BCUT2D eigenvalue weighted by Crippen LogP contribution is 2.37. The van der Waals surface area contributed by atoms with E-state index in [0.29, 0.717) is 16.3 Å². The second kappa shape index (κ2) is 6.75. The van der Waals surface area contributed by atoms with Crippen molar-refractivity contribution in [3.8, 4) is 11.3 Å². The van der Waals surface area contributed by atoms with Gasteiger partial charge in [0.15, 0.2) is 5.76 Å². The quantitative estimate of drug-likeness (QED) is 0.704. The monoisotopic (exact) mass is 371 g/mol. The van der Waals surface area contributed by atoms with Crippen molar-refractivity contribution in [3.05, 3.63) is 47.2 Å². The molecule has 1 amide bonds. The molecular formula is C18H17ClF3NO2. The summed E-state index contributed by atoms with van der Waals surface area (Å²) in [6, 6.07) is 9.29. The van der Waals surface area contributed by atoms with Crippen LogP contribution in [0.25, 0.3) is 11.3 Å². The van der Waals surface area contributed by atoms with E-state index in [9.17, 15) is 18.0 Å². The Morgan fingerprint density at radius 1 is 1.24 bits per heavy atom. The van der Waals surface area contributed by atoms with Gasteiger partial charge in [0.2, 0.25) is 0 Å². The number of nitrogens with zero attached hydrogens (tertiary/aromatic N) is 1. The zero-order chi connectivity index (χ0) is 18.2. The summed E-state index contributed by atoms with van der Waals surface area (Å²) in [6.07, 6.45) is -2.77. The Bertz CT molecular complexity index is 750. The van der Waals surface area contributed by atoms with Gasteiger partial charge < -0.3 is 9.32 Å². The third-order valence-electron chi connectivity index (χ3n) is 4.35. The fourth-order valence-corrected chi connectivity index (χ4v) is 2.92. The molecule has 1 saturated carbocycles. The number of furan rings is 1. The third kappa shape index (κ3) is 4.37. The van der Waals surface area contributed by atoms with Crippen molar-refractivity contribution in [1.29, 1.82) is 0 Å². The molecule has 0 aliphatic heterocycles. The van der Waals surface area contributed by atoms with Gasteiger partial charge in [0.1, 0.15) is 12.3 Å². The highest BCUT2D eigenvalue weighted by Gasteiger charge is 2.41. The summed E-state index contributed by atoms with van der Waals surface area (Å²) < 4.78 is 44.2. The molecule has 0 unspecified atom stereocenters. The van der Waals surface area contributed by atoms with Crippen LogP contribution in [0, 0.1) is 5.92 Å². The molecule has 7 heteroatoms. The summed E-state index contributed by atoms with van der Waals surface area (Å²) in [5, 5.41) is 0.557. The highest BCUT2D eigenvalue weighted by molar-refractivity contribution is 6.30. The molecule has 1 heterocycles. The maximum absolute atomic E-state index is 12.9. The zero-order valence-corrected chi connectivity index (χ0v) is 14.3. The molecule has 1 aliphatic rings. The number of rotatable bonds is 5. The van der Waals surface area contributed by atoms with Crippen LogP contribution in [0.5, 0.6) is 0 Å². The lowest BCUT2D eigenvalue weighted by molar-refractivity contribution is -0.145. The summed E-state index contributed by atoms with van der Waals surface area (Å²) in [4.78, 5) is 13.5. The fourth-order valence-electron chi connectivity index (χ4n) is 2.79. The van der Waals surface area contributed by atoms with E-state index in [1.165, 1.54) is 6.07 Å². The molecule has 1 fully saturated rings. The average Bonchev–Trinajstić information content (AvgIpc) is 3.28. The molecule has 1 aliphatic carbocycles. The van der Waals surface area contributed by atoms with Crippen LogP contribution in [-0.2, 0) is 0 Å². The molecule has 1 atom stereocenters. The lowest BCUT2D eigenvalue weighted by Crippen LogP contribution is -2.45. The highest BCUT2D eigenvalue weighted by atomic mass is 35.5. The van der Waals surface area contributed by atoms with Crippen LogP contribution in [-0.4, -0.2) is 29.6 Å². The van der Waals surface area contributed by atoms with Gasteiger partial charge in [-0.3, -0.25) is 4.79 Å². The van der Waals surface area contributed by atoms with Crippen LogP contribution in [0.4, 0.5) is 13.2 Å². The first-order valence-electron chi connectivity index (χ1n) is 7.98. The molecule has 0 saturated heterocycles. The average molecular weight is 372 g/mol. The van der Waals surface area contributed by atoms with Crippen LogP contribution in [0.15, 0.2) is 40.8 Å². The van der Waals surface area contributed by atoms with Gasteiger partial charge in [0.25, 0.3) is 5.91 Å². The number of carbonyl (C=O) groups excluding carboxylic acids is 1. The van der Waals surface area contributed by atoms with Gasteiger partial charge in [-0.15, -0.1) is 0 Å². The summed E-state index contributed by atoms with van der Waals surface area (Å²) in [5.41, 5.74) is 0.695. The second-order valence-electron chi connectivity index (χ2n) is 6.30. The van der Waals surface area contributed by atoms with E-state index in [1.54, 1.807) is 37.3 Å². The molecule has 1 aromatic carbocycles. The molecular weight excluding hydrogens is 355 g/mol. The number of benzene rings is 1. The maximum Gasteiger partial charge on any atom is 0.406 e. The lowest BCUT2D eigenvalue weighted by atomic mass is 10.1. The summed E-state index contributed by atoms with van der Waals surface area (Å²) in [7, 11) is 0. The predicted octanol–water partition coefficient (Wildman–Crippen LogP) is 5.40. The number of amides is 1. The SMILES string of the molecule is C[C@@H](C1CC1)N(CC(F)(F)F)C(=O)c1ccc(-c2ccc(Cl)cc2)o1. The van der Waals surface area contributed by atoms with Gasteiger partial charge in [-0.1, -0.05) is 11.6 Å². The van der Waals surface area contributed by atoms with Crippen LogP contribution in [0.3, 0.4) is 0 Å². The maximum atomic E-state index is 12.9. The largest absolute Gasteiger partial charge is 0.451 e. The van der Waals surface area contributed by atoms with Gasteiger partial charge in [0.05, 0.1) is 0 Å². The molecule has 1 aromatic heterocycles. The number of alkyl halides is 3. The van der Waals surface area contributed by atoms with E-state index in [4.69, 9.17) is 16.0 Å². The molecule has 3 rings (SSSR count). The van der Waals surface area contributed by atoms with Crippen molar-refractivity contribution < 1.29 is 22.4 Å². The minimum atomic E-state index is -4.45. The van der Waals surface area contributed by atoms with E-state index in [2.05, 4.69) is 0 Å². The minimum absolute atomic E-state index is 0.0956.